The van der Waals surface area contributed by atoms with Gasteiger partial charge in [0, 0.05) is 26.2 Å². The summed E-state index contributed by atoms with van der Waals surface area (Å²) in [6.45, 7) is 6.82. The minimum absolute atomic E-state index is 0.312. The summed E-state index contributed by atoms with van der Waals surface area (Å²) in [6, 6.07) is 11.4. The van der Waals surface area contributed by atoms with Gasteiger partial charge in [0.05, 0.1) is 11.3 Å². The van der Waals surface area contributed by atoms with Crippen molar-refractivity contribution in [1.82, 2.24) is 9.80 Å². The average molecular weight is 393 g/mol. The van der Waals surface area contributed by atoms with Crippen LogP contribution in [-0.2, 0) is 9.59 Å². The molecule has 0 atom stereocenters. The van der Waals surface area contributed by atoms with Gasteiger partial charge in [0.1, 0.15) is 11.5 Å². The molecule has 0 bridgehead atoms. The Morgan fingerprint density at radius 3 is 2.17 bits per heavy atom. The van der Waals surface area contributed by atoms with Crippen molar-refractivity contribution < 1.29 is 14.0 Å². The van der Waals surface area contributed by atoms with Gasteiger partial charge in [-0.3, -0.25) is 9.59 Å². The zero-order chi connectivity index (χ0) is 20.7. The van der Waals surface area contributed by atoms with Gasteiger partial charge < -0.3 is 9.80 Å². The maximum Gasteiger partial charge on any atom is 0.282 e. The lowest BCUT2D eigenvalue weighted by molar-refractivity contribution is -0.120. The zero-order valence-corrected chi connectivity index (χ0v) is 16.9. The van der Waals surface area contributed by atoms with Crippen LogP contribution in [0.25, 0.3) is 5.57 Å². The number of amides is 2. The van der Waals surface area contributed by atoms with E-state index in [-0.39, 0.29) is 17.6 Å². The molecule has 4 rings (SSSR count). The van der Waals surface area contributed by atoms with E-state index in [4.69, 9.17) is 0 Å². The molecular weight excluding hydrogens is 369 g/mol. The number of imide groups is 1. The molecule has 1 saturated heterocycles. The number of benzene rings is 2. The number of hydrogen-bond acceptors (Lipinski definition) is 4. The molecule has 2 amide bonds. The molecule has 2 aromatic carbocycles. The summed E-state index contributed by atoms with van der Waals surface area (Å²) >= 11 is 0. The summed E-state index contributed by atoms with van der Waals surface area (Å²) < 4.78 is 13.5. The number of hydrogen-bond donors (Lipinski definition) is 0. The number of nitrogens with zero attached hydrogens (tertiary/aromatic N) is 3. The predicted molar refractivity (Wildman–Crippen MR) is 111 cm³/mol. The van der Waals surface area contributed by atoms with Crippen LogP contribution >= 0.6 is 0 Å². The molecule has 1 fully saturated rings. The lowest BCUT2D eigenvalue weighted by Gasteiger charge is -2.34. The normalized spacial score (nSPS) is 18.2. The fraction of sp³-hybridized carbons (Fsp3) is 0.304. The van der Waals surface area contributed by atoms with Crippen LogP contribution in [0.1, 0.15) is 16.7 Å². The first kappa shape index (κ1) is 19.3. The van der Waals surface area contributed by atoms with Crippen molar-refractivity contribution in [1.29, 1.82) is 0 Å². The fourth-order valence-electron chi connectivity index (χ4n) is 3.91. The molecule has 2 aromatic rings. The Morgan fingerprint density at radius 2 is 1.52 bits per heavy atom. The number of halogens is 1. The number of aryl methyl sites for hydroxylation is 1. The molecule has 0 saturated carbocycles. The van der Waals surface area contributed by atoms with Crippen molar-refractivity contribution in [3.63, 3.8) is 0 Å². The minimum Gasteiger partial charge on any atom is -0.364 e. The second-order valence-corrected chi connectivity index (χ2v) is 7.69. The molecule has 0 aromatic heterocycles. The van der Waals surface area contributed by atoms with E-state index in [0.29, 0.717) is 35.6 Å². The summed E-state index contributed by atoms with van der Waals surface area (Å²) in [6.07, 6.45) is 0. The highest BCUT2D eigenvalue weighted by molar-refractivity contribution is 6.45. The van der Waals surface area contributed by atoms with Crippen molar-refractivity contribution in [2.75, 3.05) is 38.1 Å². The van der Waals surface area contributed by atoms with Crippen LogP contribution in [-0.4, -0.2) is 54.8 Å². The Bertz CT molecular complexity index is 1010. The van der Waals surface area contributed by atoms with Crippen LogP contribution in [0.15, 0.2) is 48.2 Å². The molecule has 0 unspecified atom stereocenters. The quantitative estimate of drug-likeness (QED) is 0.752. The molecule has 2 aliphatic heterocycles. The van der Waals surface area contributed by atoms with E-state index in [1.807, 2.05) is 37.9 Å². The topological polar surface area (TPSA) is 43.9 Å². The average Bonchev–Trinajstić information content (AvgIpc) is 2.96. The van der Waals surface area contributed by atoms with Crippen molar-refractivity contribution in [2.45, 2.75) is 13.8 Å². The number of piperazine rings is 1. The first-order chi connectivity index (χ1) is 13.9. The van der Waals surface area contributed by atoms with Crippen molar-refractivity contribution in [2.24, 2.45) is 0 Å². The van der Waals surface area contributed by atoms with Gasteiger partial charge in [-0.1, -0.05) is 24.3 Å². The third-order valence-electron chi connectivity index (χ3n) is 5.83. The van der Waals surface area contributed by atoms with Crippen molar-refractivity contribution in [3.05, 3.63) is 70.7 Å². The monoisotopic (exact) mass is 393 g/mol. The molecule has 150 valence electrons. The van der Waals surface area contributed by atoms with Crippen LogP contribution < -0.4 is 4.90 Å². The molecule has 0 aliphatic carbocycles. The van der Waals surface area contributed by atoms with Gasteiger partial charge in [-0.15, -0.1) is 0 Å². The van der Waals surface area contributed by atoms with Crippen LogP contribution in [0.4, 0.5) is 10.1 Å². The molecule has 0 radical (unpaired) electrons. The molecule has 2 heterocycles. The lowest BCUT2D eigenvalue weighted by Crippen LogP contribution is -2.46. The van der Waals surface area contributed by atoms with Crippen LogP contribution in [0.3, 0.4) is 0 Å². The predicted octanol–water partition coefficient (Wildman–Crippen LogP) is 2.97. The first-order valence-corrected chi connectivity index (χ1v) is 9.77. The molecule has 5 nitrogen and oxygen atoms in total. The second-order valence-electron chi connectivity index (χ2n) is 7.69. The minimum atomic E-state index is -0.376. The van der Waals surface area contributed by atoms with Gasteiger partial charge in [-0.2, -0.15) is 0 Å². The van der Waals surface area contributed by atoms with Crippen LogP contribution in [0.2, 0.25) is 0 Å². The third kappa shape index (κ3) is 3.34. The summed E-state index contributed by atoms with van der Waals surface area (Å²) in [5, 5.41) is 0. The summed E-state index contributed by atoms with van der Waals surface area (Å²) in [5.74, 6) is -1.05. The van der Waals surface area contributed by atoms with E-state index >= 15 is 0 Å². The maximum absolute atomic E-state index is 13.5. The summed E-state index contributed by atoms with van der Waals surface area (Å²) in [7, 11) is 2.04. The molecule has 29 heavy (non-hydrogen) atoms. The standard InChI is InChI=1S/C23H24FN3O2/c1-15-5-4-6-19(16(15)2)27-22(28)20(17-7-9-18(24)10-8-17)21(23(27)29)26-13-11-25(3)12-14-26/h4-10H,11-14H2,1-3H3. The van der Waals surface area contributed by atoms with Crippen molar-refractivity contribution >= 4 is 23.1 Å². The number of carbonyl (C=O) groups is 2. The van der Waals surface area contributed by atoms with Gasteiger partial charge in [-0.25, -0.2) is 9.29 Å². The fourth-order valence-corrected chi connectivity index (χ4v) is 3.91. The summed E-state index contributed by atoms with van der Waals surface area (Å²) in [4.78, 5) is 32.5. The van der Waals surface area contributed by atoms with Gasteiger partial charge in [-0.05, 0) is 55.8 Å². The molecule has 0 spiro atoms. The van der Waals surface area contributed by atoms with E-state index in [1.54, 1.807) is 18.2 Å². The second kappa shape index (κ2) is 7.44. The Balaban J connectivity index is 1.83. The highest BCUT2D eigenvalue weighted by Gasteiger charge is 2.43. The number of carbonyl (C=O) groups excluding carboxylic acids is 2. The molecular formula is C23H24FN3O2. The van der Waals surface area contributed by atoms with Gasteiger partial charge in [0.15, 0.2) is 0 Å². The smallest absolute Gasteiger partial charge is 0.282 e. The van der Waals surface area contributed by atoms with Gasteiger partial charge in [0.2, 0.25) is 0 Å². The van der Waals surface area contributed by atoms with E-state index in [0.717, 1.165) is 24.2 Å². The lowest BCUT2D eigenvalue weighted by atomic mass is 10.0. The molecule has 2 aliphatic rings. The van der Waals surface area contributed by atoms with E-state index < -0.39 is 0 Å². The number of anilines is 1. The van der Waals surface area contributed by atoms with E-state index in [2.05, 4.69) is 4.90 Å². The Labute approximate surface area is 170 Å². The first-order valence-electron chi connectivity index (χ1n) is 9.77. The van der Waals surface area contributed by atoms with E-state index in [1.165, 1.54) is 17.0 Å². The Hall–Kier alpha value is -2.99. The van der Waals surface area contributed by atoms with Crippen molar-refractivity contribution in [3.8, 4) is 0 Å². The van der Waals surface area contributed by atoms with Crippen LogP contribution in [0, 0.1) is 19.7 Å². The maximum atomic E-state index is 13.5. The SMILES string of the molecule is Cc1cccc(N2C(=O)C(c3ccc(F)cc3)=C(N3CCN(C)CC3)C2=O)c1C. The van der Waals surface area contributed by atoms with E-state index in [9.17, 15) is 14.0 Å². The highest BCUT2D eigenvalue weighted by atomic mass is 19.1. The van der Waals surface area contributed by atoms with Gasteiger partial charge >= 0.3 is 0 Å². The molecule has 0 N–H and O–H groups in total. The summed E-state index contributed by atoms with van der Waals surface area (Å²) in [5.41, 5.74) is 3.83. The Kier molecular flexibility index (Phi) is 4.96. The molecule has 6 heteroatoms. The largest absolute Gasteiger partial charge is 0.364 e. The highest BCUT2D eigenvalue weighted by Crippen LogP contribution is 2.36. The Morgan fingerprint density at radius 1 is 0.862 bits per heavy atom. The van der Waals surface area contributed by atoms with Crippen LogP contribution in [0.5, 0.6) is 0 Å². The zero-order valence-electron chi connectivity index (χ0n) is 16.9. The van der Waals surface area contributed by atoms with Gasteiger partial charge in [0.25, 0.3) is 11.8 Å². The number of rotatable bonds is 3. The third-order valence-corrected chi connectivity index (χ3v) is 5.83. The number of likely N-dealkylation sites (N-methyl/N-ethyl adjacent to an activating group) is 1.